The molecule has 9 heteroatoms. The molecule has 0 fully saturated rings. The predicted molar refractivity (Wildman–Crippen MR) is 74.1 cm³/mol. The lowest BCUT2D eigenvalue weighted by Gasteiger charge is -2.11. The molecule has 0 bridgehead atoms. The summed E-state index contributed by atoms with van der Waals surface area (Å²) >= 11 is 0. The molecule has 0 heterocycles. The Labute approximate surface area is 113 Å². The minimum atomic E-state index is -3.62. The number of rotatable bonds is 6. The van der Waals surface area contributed by atoms with Crippen molar-refractivity contribution in [2.45, 2.75) is 25.6 Å². The van der Waals surface area contributed by atoms with Gasteiger partial charge in [-0.1, -0.05) is 12.1 Å². The summed E-state index contributed by atoms with van der Waals surface area (Å²) in [7, 11) is -7.22. The molecule has 1 aromatic rings. The van der Waals surface area contributed by atoms with E-state index in [0.29, 0.717) is 11.3 Å². The molecular formula is C10H17N3O4S2. The van der Waals surface area contributed by atoms with E-state index in [1.54, 1.807) is 13.8 Å². The largest absolute Gasteiger partial charge is 0.299 e. The van der Waals surface area contributed by atoms with Crippen molar-refractivity contribution in [1.82, 2.24) is 4.72 Å². The van der Waals surface area contributed by atoms with E-state index in [0.717, 1.165) is 0 Å². The molecule has 0 aliphatic carbocycles. The number of nitrogens with two attached hydrogens (primary N) is 1. The van der Waals surface area contributed by atoms with E-state index in [9.17, 15) is 16.8 Å². The second-order valence-electron chi connectivity index (χ2n) is 4.38. The van der Waals surface area contributed by atoms with Crippen LogP contribution < -0.4 is 14.6 Å². The van der Waals surface area contributed by atoms with Gasteiger partial charge in [0.1, 0.15) is 0 Å². The zero-order valence-electron chi connectivity index (χ0n) is 10.6. The molecule has 4 N–H and O–H groups in total. The van der Waals surface area contributed by atoms with Crippen LogP contribution in [0.4, 0.5) is 5.69 Å². The highest BCUT2D eigenvalue weighted by atomic mass is 32.2. The molecule has 0 aliphatic heterocycles. The van der Waals surface area contributed by atoms with Crippen molar-refractivity contribution in [3.8, 4) is 0 Å². The Hall–Kier alpha value is -1.16. The van der Waals surface area contributed by atoms with Gasteiger partial charge >= 0.3 is 0 Å². The van der Waals surface area contributed by atoms with Gasteiger partial charge in [0.15, 0.2) is 0 Å². The third-order valence-electron chi connectivity index (χ3n) is 1.96. The number of hydrogen-bond acceptors (Lipinski definition) is 4. The van der Waals surface area contributed by atoms with Gasteiger partial charge in [0.25, 0.3) is 10.2 Å². The Morgan fingerprint density at radius 3 is 2.05 bits per heavy atom. The van der Waals surface area contributed by atoms with E-state index in [1.807, 2.05) is 0 Å². The summed E-state index contributed by atoms with van der Waals surface area (Å²) in [5.41, 5.74) is 0.827. The van der Waals surface area contributed by atoms with Gasteiger partial charge in [-0.2, -0.15) is 13.1 Å². The Kier molecular flexibility index (Phi) is 4.91. The van der Waals surface area contributed by atoms with Crippen molar-refractivity contribution in [2.75, 3.05) is 4.72 Å². The highest BCUT2D eigenvalue weighted by Crippen LogP contribution is 2.12. The first kappa shape index (κ1) is 15.9. The van der Waals surface area contributed by atoms with Crippen molar-refractivity contribution >= 4 is 25.9 Å². The van der Waals surface area contributed by atoms with Crippen LogP contribution in [0.3, 0.4) is 0 Å². The van der Waals surface area contributed by atoms with Crippen LogP contribution in [0.25, 0.3) is 0 Å². The van der Waals surface area contributed by atoms with E-state index in [4.69, 9.17) is 5.14 Å². The van der Waals surface area contributed by atoms with Gasteiger partial charge in [0.2, 0.25) is 10.0 Å². The standard InChI is InChI=1S/C10H17N3O4S2/c1-8(2)12-19(16,17)13-10-5-3-9(4-6-10)7-18(11,14)15/h3-6,8,12-13H,7H2,1-2H3,(H2,11,14,15). The van der Waals surface area contributed by atoms with Crippen LogP contribution in [-0.4, -0.2) is 22.9 Å². The molecule has 0 spiro atoms. The van der Waals surface area contributed by atoms with Crippen LogP contribution in [0.2, 0.25) is 0 Å². The van der Waals surface area contributed by atoms with Crippen LogP contribution in [0.5, 0.6) is 0 Å². The third kappa shape index (κ3) is 6.53. The quantitative estimate of drug-likeness (QED) is 0.692. The van der Waals surface area contributed by atoms with E-state index in [1.165, 1.54) is 24.3 Å². The molecule has 0 saturated heterocycles. The van der Waals surface area contributed by atoms with Crippen LogP contribution in [0.15, 0.2) is 24.3 Å². The molecule has 19 heavy (non-hydrogen) atoms. The monoisotopic (exact) mass is 307 g/mol. The summed E-state index contributed by atoms with van der Waals surface area (Å²) in [6.07, 6.45) is 0. The zero-order chi connectivity index (χ0) is 14.7. The zero-order valence-corrected chi connectivity index (χ0v) is 12.3. The van der Waals surface area contributed by atoms with Crippen molar-refractivity contribution in [2.24, 2.45) is 5.14 Å². The number of sulfonamides is 1. The first-order chi connectivity index (χ1) is 8.57. The minimum absolute atomic E-state index is 0.223. The summed E-state index contributed by atoms with van der Waals surface area (Å²) in [5.74, 6) is -0.287. The average molecular weight is 307 g/mol. The maximum absolute atomic E-state index is 11.6. The lowest BCUT2D eigenvalue weighted by Crippen LogP contribution is -2.35. The fraction of sp³-hybridized carbons (Fsp3) is 0.400. The molecule has 0 radical (unpaired) electrons. The van der Waals surface area contributed by atoms with Crippen LogP contribution in [-0.2, 0) is 26.0 Å². The predicted octanol–water partition coefficient (Wildman–Crippen LogP) is 0.130. The minimum Gasteiger partial charge on any atom is -0.271 e. The molecule has 1 rings (SSSR count). The number of hydrogen-bond donors (Lipinski definition) is 3. The molecule has 0 aliphatic rings. The number of anilines is 1. The van der Waals surface area contributed by atoms with Gasteiger partial charge in [0, 0.05) is 11.7 Å². The molecule has 0 saturated carbocycles. The fourth-order valence-electron chi connectivity index (χ4n) is 1.40. The summed E-state index contributed by atoms with van der Waals surface area (Å²) in [5, 5.41) is 4.91. The summed E-state index contributed by atoms with van der Waals surface area (Å²) in [6.45, 7) is 3.41. The van der Waals surface area contributed by atoms with E-state index < -0.39 is 20.2 Å². The van der Waals surface area contributed by atoms with E-state index in [2.05, 4.69) is 9.44 Å². The lowest BCUT2D eigenvalue weighted by molar-refractivity contribution is 0.575. The highest BCUT2D eigenvalue weighted by Gasteiger charge is 2.11. The SMILES string of the molecule is CC(C)NS(=O)(=O)Nc1ccc(CS(N)(=O)=O)cc1. The van der Waals surface area contributed by atoms with Crippen LogP contribution in [0.1, 0.15) is 19.4 Å². The van der Waals surface area contributed by atoms with Gasteiger partial charge in [-0.15, -0.1) is 0 Å². The van der Waals surface area contributed by atoms with Crippen LogP contribution in [0, 0.1) is 0 Å². The Morgan fingerprint density at radius 1 is 1.11 bits per heavy atom. The van der Waals surface area contributed by atoms with Gasteiger partial charge in [0.05, 0.1) is 5.75 Å². The van der Waals surface area contributed by atoms with E-state index in [-0.39, 0.29) is 11.8 Å². The first-order valence-corrected chi connectivity index (χ1v) is 8.67. The van der Waals surface area contributed by atoms with Crippen molar-refractivity contribution in [1.29, 1.82) is 0 Å². The highest BCUT2D eigenvalue weighted by molar-refractivity contribution is 7.90. The second-order valence-corrected chi connectivity index (χ2v) is 7.44. The fourth-order valence-corrected chi connectivity index (χ4v) is 3.18. The maximum atomic E-state index is 11.6. The summed E-state index contributed by atoms with van der Waals surface area (Å²) < 4.78 is 49.6. The molecule has 0 unspecified atom stereocenters. The van der Waals surface area contributed by atoms with Gasteiger partial charge in [-0.25, -0.2) is 13.6 Å². The normalized spacial score (nSPS) is 12.6. The molecule has 1 aromatic carbocycles. The number of benzene rings is 1. The van der Waals surface area contributed by atoms with Crippen molar-refractivity contribution in [3.63, 3.8) is 0 Å². The molecule has 108 valence electrons. The van der Waals surface area contributed by atoms with Gasteiger partial charge < -0.3 is 0 Å². The average Bonchev–Trinajstić information content (AvgIpc) is 2.16. The second kappa shape index (κ2) is 5.87. The topological polar surface area (TPSA) is 118 Å². The molecular weight excluding hydrogens is 290 g/mol. The molecule has 0 atom stereocenters. The third-order valence-corrected chi connectivity index (χ3v) is 3.99. The Balaban J connectivity index is 2.78. The van der Waals surface area contributed by atoms with Gasteiger partial charge in [-0.05, 0) is 31.5 Å². The Morgan fingerprint density at radius 2 is 1.63 bits per heavy atom. The number of nitrogens with one attached hydrogen (secondary N) is 2. The summed E-state index contributed by atoms with van der Waals surface area (Å²) in [4.78, 5) is 0. The molecule has 7 nitrogen and oxygen atoms in total. The molecule has 0 amide bonds. The van der Waals surface area contributed by atoms with E-state index >= 15 is 0 Å². The molecule has 0 aromatic heterocycles. The van der Waals surface area contributed by atoms with Crippen molar-refractivity contribution in [3.05, 3.63) is 29.8 Å². The van der Waals surface area contributed by atoms with Gasteiger partial charge in [-0.3, -0.25) is 4.72 Å². The Bertz CT molecular complexity index is 621. The van der Waals surface area contributed by atoms with Crippen molar-refractivity contribution < 1.29 is 16.8 Å². The van der Waals surface area contributed by atoms with Crippen LogP contribution >= 0.6 is 0 Å². The lowest BCUT2D eigenvalue weighted by atomic mass is 10.2. The maximum Gasteiger partial charge on any atom is 0.299 e. The smallest absolute Gasteiger partial charge is 0.271 e. The first-order valence-electron chi connectivity index (χ1n) is 5.47. The summed E-state index contributed by atoms with van der Waals surface area (Å²) in [6, 6.07) is 5.72. The number of primary sulfonamides is 1.